The van der Waals surface area contributed by atoms with Gasteiger partial charge < -0.3 is 15.1 Å². The molecule has 0 aliphatic carbocycles. The molecule has 2 aromatic rings. The van der Waals surface area contributed by atoms with Gasteiger partial charge in [0.25, 0.3) is 0 Å². The van der Waals surface area contributed by atoms with Crippen LogP contribution in [-0.2, 0) is 11.2 Å². The second-order valence-electron chi connectivity index (χ2n) is 4.34. The van der Waals surface area contributed by atoms with Gasteiger partial charge in [-0.05, 0) is 6.07 Å². The van der Waals surface area contributed by atoms with Crippen molar-refractivity contribution in [1.29, 1.82) is 0 Å². The largest absolute Gasteiger partial charge is 0.441 e. The summed E-state index contributed by atoms with van der Waals surface area (Å²) in [7, 11) is 0. The molecule has 1 saturated heterocycles. The fourth-order valence-electron chi connectivity index (χ4n) is 2.05. The minimum atomic E-state index is -0.551. The number of rotatable bonds is 2. The number of hydrogen-bond donors (Lipinski definition) is 2. The van der Waals surface area contributed by atoms with Crippen LogP contribution in [0.4, 0.5) is 4.39 Å². The van der Waals surface area contributed by atoms with Crippen LogP contribution in [-0.4, -0.2) is 30.0 Å². The lowest BCUT2D eigenvalue weighted by atomic mass is 10.1. The zero-order valence-corrected chi connectivity index (χ0v) is 10.6. The molecule has 1 amide bonds. The molecule has 2 heterocycles. The first-order valence-corrected chi connectivity index (χ1v) is 6.27. The number of aromatic nitrogens is 1. The number of carbonyl (C=O) groups is 1. The van der Waals surface area contributed by atoms with E-state index in [-0.39, 0.29) is 17.0 Å². The molecule has 0 bridgehead atoms. The van der Waals surface area contributed by atoms with E-state index >= 15 is 0 Å². The van der Waals surface area contributed by atoms with E-state index in [2.05, 4.69) is 15.6 Å². The summed E-state index contributed by atoms with van der Waals surface area (Å²) in [6.07, 6.45) is 0.319. The van der Waals surface area contributed by atoms with E-state index in [4.69, 9.17) is 16.0 Å². The molecular weight excluding hydrogens is 273 g/mol. The van der Waals surface area contributed by atoms with Gasteiger partial charge in [0.15, 0.2) is 11.5 Å². The Bertz CT molecular complexity index is 604. The summed E-state index contributed by atoms with van der Waals surface area (Å²) in [4.78, 5) is 15.8. The van der Waals surface area contributed by atoms with Gasteiger partial charge in [0, 0.05) is 25.6 Å². The Labute approximate surface area is 113 Å². The van der Waals surface area contributed by atoms with Crippen molar-refractivity contribution < 1.29 is 13.6 Å². The van der Waals surface area contributed by atoms with Crippen LogP contribution in [0, 0.1) is 5.82 Å². The van der Waals surface area contributed by atoms with Crippen LogP contribution in [0.25, 0.3) is 11.1 Å². The molecule has 100 valence electrons. The minimum absolute atomic E-state index is 0.000819. The topological polar surface area (TPSA) is 67.2 Å². The molecule has 1 aliphatic heterocycles. The van der Waals surface area contributed by atoms with E-state index in [1.165, 1.54) is 12.1 Å². The molecule has 0 saturated carbocycles. The number of hydrogen-bond acceptors (Lipinski definition) is 4. The van der Waals surface area contributed by atoms with E-state index in [0.717, 1.165) is 0 Å². The van der Waals surface area contributed by atoms with Crippen molar-refractivity contribution in [2.45, 2.75) is 12.5 Å². The lowest BCUT2D eigenvalue weighted by Gasteiger charge is -2.22. The molecule has 0 radical (unpaired) electrons. The van der Waals surface area contributed by atoms with Crippen molar-refractivity contribution in [2.75, 3.05) is 13.1 Å². The number of benzene rings is 1. The highest BCUT2D eigenvalue weighted by molar-refractivity contribution is 6.31. The summed E-state index contributed by atoms with van der Waals surface area (Å²) in [5.41, 5.74) is 0.811. The van der Waals surface area contributed by atoms with Gasteiger partial charge in [0.1, 0.15) is 11.3 Å². The normalized spacial score (nSPS) is 19.7. The average Bonchev–Trinajstić information content (AvgIpc) is 2.74. The fraction of sp³-hybridized carbons (Fsp3) is 0.333. The van der Waals surface area contributed by atoms with Crippen LogP contribution in [0.3, 0.4) is 0 Å². The highest BCUT2D eigenvalue weighted by Gasteiger charge is 2.24. The van der Waals surface area contributed by atoms with E-state index in [1.54, 1.807) is 0 Å². The Kier molecular flexibility index (Phi) is 3.12. The average molecular weight is 284 g/mol. The Morgan fingerprint density at radius 3 is 3.11 bits per heavy atom. The van der Waals surface area contributed by atoms with E-state index < -0.39 is 5.82 Å². The highest BCUT2D eigenvalue weighted by Crippen LogP contribution is 2.23. The van der Waals surface area contributed by atoms with E-state index in [9.17, 15) is 9.18 Å². The van der Waals surface area contributed by atoms with Crippen LogP contribution >= 0.6 is 11.6 Å². The Balaban J connectivity index is 1.87. The number of fused-ring (bicyclic) bond motifs is 1. The summed E-state index contributed by atoms with van der Waals surface area (Å²) in [6, 6.07) is 2.23. The zero-order valence-electron chi connectivity index (χ0n) is 9.87. The maximum Gasteiger partial charge on any atom is 0.237 e. The van der Waals surface area contributed by atoms with Crippen molar-refractivity contribution in [3.05, 3.63) is 28.9 Å². The standard InChI is InChI=1S/C12H11ClFN3O2/c13-6-3-8-10(4-7(6)14)19-11(17-8)5-9-12(18)16-2-1-15-9/h3-4,9,15H,1-2,5H2,(H,16,18). The minimum Gasteiger partial charge on any atom is -0.441 e. The van der Waals surface area contributed by atoms with Crippen molar-refractivity contribution in [1.82, 2.24) is 15.6 Å². The molecule has 1 aliphatic rings. The molecule has 1 fully saturated rings. The molecule has 5 nitrogen and oxygen atoms in total. The van der Waals surface area contributed by atoms with Gasteiger partial charge in [-0.1, -0.05) is 11.6 Å². The lowest BCUT2D eigenvalue weighted by molar-refractivity contribution is -0.124. The maximum absolute atomic E-state index is 13.3. The first kappa shape index (κ1) is 12.4. The van der Waals surface area contributed by atoms with Crippen LogP contribution in [0.15, 0.2) is 16.5 Å². The first-order valence-electron chi connectivity index (χ1n) is 5.89. The summed E-state index contributed by atoms with van der Waals surface area (Å²) >= 11 is 5.68. The lowest BCUT2D eigenvalue weighted by Crippen LogP contribution is -2.53. The predicted molar refractivity (Wildman–Crippen MR) is 67.5 cm³/mol. The van der Waals surface area contributed by atoms with Crippen molar-refractivity contribution in [3.63, 3.8) is 0 Å². The number of carbonyl (C=O) groups excluding carboxylic acids is 1. The Morgan fingerprint density at radius 1 is 1.47 bits per heavy atom. The van der Waals surface area contributed by atoms with Gasteiger partial charge >= 0.3 is 0 Å². The van der Waals surface area contributed by atoms with Crippen molar-refractivity contribution >= 4 is 28.6 Å². The van der Waals surface area contributed by atoms with Gasteiger partial charge in [-0.15, -0.1) is 0 Å². The van der Waals surface area contributed by atoms with E-state index in [1.807, 2.05) is 0 Å². The fourth-order valence-corrected chi connectivity index (χ4v) is 2.20. The molecule has 1 aromatic carbocycles. The monoisotopic (exact) mass is 283 g/mol. The quantitative estimate of drug-likeness (QED) is 0.870. The summed E-state index contributed by atoms with van der Waals surface area (Å²) in [5, 5.41) is 5.83. The number of amides is 1. The van der Waals surface area contributed by atoms with Crippen LogP contribution in [0.1, 0.15) is 5.89 Å². The third-order valence-corrected chi connectivity index (χ3v) is 3.27. The molecule has 3 rings (SSSR count). The molecule has 1 aromatic heterocycles. The molecular formula is C12H11ClFN3O2. The van der Waals surface area contributed by atoms with Gasteiger partial charge in [-0.2, -0.15) is 0 Å². The van der Waals surface area contributed by atoms with Crippen molar-refractivity contribution in [3.8, 4) is 0 Å². The Morgan fingerprint density at radius 2 is 2.32 bits per heavy atom. The SMILES string of the molecule is O=C1NCCNC1Cc1nc2cc(Cl)c(F)cc2o1. The molecule has 2 N–H and O–H groups in total. The highest BCUT2D eigenvalue weighted by atomic mass is 35.5. The second-order valence-corrected chi connectivity index (χ2v) is 4.75. The number of piperazine rings is 1. The first-order chi connectivity index (χ1) is 9.13. The predicted octanol–water partition coefficient (Wildman–Crippen LogP) is 1.25. The zero-order chi connectivity index (χ0) is 13.4. The third kappa shape index (κ3) is 2.41. The molecule has 0 spiro atoms. The summed E-state index contributed by atoms with van der Waals surface area (Å²) in [6.45, 7) is 1.32. The summed E-state index contributed by atoms with van der Waals surface area (Å²) < 4.78 is 18.7. The number of halogens is 2. The molecule has 19 heavy (non-hydrogen) atoms. The smallest absolute Gasteiger partial charge is 0.237 e. The maximum atomic E-state index is 13.3. The van der Waals surface area contributed by atoms with Crippen LogP contribution in [0.5, 0.6) is 0 Å². The third-order valence-electron chi connectivity index (χ3n) is 2.98. The number of nitrogens with one attached hydrogen (secondary N) is 2. The van der Waals surface area contributed by atoms with Gasteiger partial charge in [-0.25, -0.2) is 9.37 Å². The number of nitrogens with zero attached hydrogens (tertiary/aromatic N) is 1. The van der Waals surface area contributed by atoms with Gasteiger partial charge in [0.05, 0.1) is 11.1 Å². The molecule has 1 unspecified atom stereocenters. The van der Waals surface area contributed by atoms with Gasteiger partial charge in [0.2, 0.25) is 5.91 Å². The van der Waals surface area contributed by atoms with Crippen molar-refractivity contribution in [2.24, 2.45) is 0 Å². The molecule has 1 atom stereocenters. The summed E-state index contributed by atoms with van der Waals surface area (Å²) in [5.74, 6) is -0.255. The Hall–Kier alpha value is -1.66. The molecule has 7 heteroatoms. The number of oxazole rings is 1. The van der Waals surface area contributed by atoms with Crippen LogP contribution in [0.2, 0.25) is 5.02 Å². The van der Waals surface area contributed by atoms with Gasteiger partial charge in [-0.3, -0.25) is 4.79 Å². The van der Waals surface area contributed by atoms with E-state index in [0.29, 0.717) is 36.5 Å². The van der Waals surface area contributed by atoms with Crippen LogP contribution < -0.4 is 10.6 Å². The second kappa shape index (κ2) is 4.79.